The summed E-state index contributed by atoms with van der Waals surface area (Å²) in [7, 11) is 4.52. The summed E-state index contributed by atoms with van der Waals surface area (Å²) in [4.78, 5) is 5.02. The fourth-order valence-electron chi connectivity index (χ4n) is 3.59. The molecule has 2 N–H and O–H groups in total. The van der Waals surface area contributed by atoms with E-state index in [9.17, 15) is 0 Å². The van der Waals surface area contributed by atoms with Crippen LogP contribution in [-0.4, -0.2) is 55.6 Å². The molecule has 0 aromatic heterocycles. The van der Waals surface area contributed by atoms with Gasteiger partial charge >= 0.3 is 0 Å². The summed E-state index contributed by atoms with van der Waals surface area (Å²) in [5, 5.41) is 0. The van der Waals surface area contributed by atoms with E-state index in [1.54, 1.807) is 0 Å². The van der Waals surface area contributed by atoms with Crippen LogP contribution in [0.1, 0.15) is 39.0 Å². The molecule has 2 rings (SSSR count). The fourth-order valence-corrected chi connectivity index (χ4v) is 3.59. The first-order chi connectivity index (χ1) is 8.01. The standard InChI is InChI=1S/C14H29N3/c1-14(8-4-5-13(14)15)11-17(3)12-6-9-16(2)10-7-12/h12-13H,4-11,15H2,1-3H3. The van der Waals surface area contributed by atoms with E-state index >= 15 is 0 Å². The highest BCUT2D eigenvalue weighted by molar-refractivity contribution is 4.94. The smallest absolute Gasteiger partial charge is 0.0117 e. The number of rotatable bonds is 3. The largest absolute Gasteiger partial charge is 0.327 e. The highest BCUT2D eigenvalue weighted by atomic mass is 15.2. The molecule has 0 spiro atoms. The summed E-state index contributed by atoms with van der Waals surface area (Å²) >= 11 is 0. The molecule has 2 aliphatic rings. The van der Waals surface area contributed by atoms with Crippen LogP contribution in [0.5, 0.6) is 0 Å². The Morgan fingerprint density at radius 1 is 1.29 bits per heavy atom. The van der Waals surface area contributed by atoms with Gasteiger partial charge in [-0.25, -0.2) is 0 Å². The molecule has 1 aliphatic carbocycles. The number of hydrogen-bond donors (Lipinski definition) is 1. The van der Waals surface area contributed by atoms with E-state index in [1.807, 2.05) is 0 Å². The third-order valence-electron chi connectivity index (χ3n) is 5.08. The van der Waals surface area contributed by atoms with E-state index in [0.29, 0.717) is 11.5 Å². The molecule has 0 aromatic rings. The van der Waals surface area contributed by atoms with Crippen molar-refractivity contribution in [3.63, 3.8) is 0 Å². The monoisotopic (exact) mass is 239 g/mol. The number of likely N-dealkylation sites (tertiary alicyclic amines) is 1. The van der Waals surface area contributed by atoms with Crippen molar-refractivity contribution in [2.24, 2.45) is 11.1 Å². The molecule has 0 aromatic carbocycles. The molecule has 0 radical (unpaired) electrons. The third-order valence-corrected chi connectivity index (χ3v) is 5.08. The summed E-state index contributed by atoms with van der Waals surface area (Å²) in [5.74, 6) is 0. The van der Waals surface area contributed by atoms with E-state index in [2.05, 4.69) is 30.8 Å². The SMILES string of the molecule is CN1CCC(N(C)CC2(C)CCCC2N)CC1. The zero-order valence-electron chi connectivity index (χ0n) is 11.8. The van der Waals surface area contributed by atoms with Crippen molar-refractivity contribution < 1.29 is 0 Å². The fraction of sp³-hybridized carbons (Fsp3) is 1.00. The van der Waals surface area contributed by atoms with Gasteiger partial charge in [-0.2, -0.15) is 0 Å². The van der Waals surface area contributed by atoms with E-state index in [1.165, 1.54) is 51.7 Å². The molecule has 0 amide bonds. The second-order valence-electron chi connectivity index (χ2n) is 6.60. The topological polar surface area (TPSA) is 32.5 Å². The Labute approximate surface area is 106 Å². The van der Waals surface area contributed by atoms with Gasteiger partial charge in [0.05, 0.1) is 0 Å². The van der Waals surface area contributed by atoms with Crippen molar-refractivity contribution in [1.29, 1.82) is 0 Å². The second kappa shape index (κ2) is 5.25. The molecule has 100 valence electrons. The van der Waals surface area contributed by atoms with E-state index in [-0.39, 0.29) is 0 Å². The predicted molar refractivity (Wildman–Crippen MR) is 73.1 cm³/mol. The number of piperidine rings is 1. The zero-order chi connectivity index (χ0) is 12.5. The summed E-state index contributed by atoms with van der Waals surface area (Å²) in [5.41, 5.74) is 6.64. The Morgan fingerprint density at radius 3 is 2.47 bits per heavy atom. The molecule has 2 fully saturated rings. The van der Waals surface area contributed by atoms with Crippen molar-refractivity contribution >= 4 is 0 Å². The molecule has 0 bridgehead atoms. The molecule has 17 heavy (non-hydrogen) atoms. The molecule has 1 saturated heterocycles. The lowest BCUT2D eigenvalue weighted by Gasteiger charge is -2.40. The zero-order valence-corrected chi connectivity index (χ0v) is 11.8. The summed E-state index contributed by atoms with van der Waals surface area (Å²) < 4.78 is 0. The lowest BCUT2D eigenvalue weighted by molar-refractivity contribution is 0.0954. The van der Waals surface area contributed by atoms with Gasteiger partial charge in [0.2, 0.25) is 0 Å². The van der Waals surface area contributed by atoms with E-state index < -0.39 is 0 Å². The Bertz CT molecular complexity index is 248. The Balaban J connectivity index is 1.86. The van der Waals surface area contributed by atoms with Crippen molar-refractivity contribution in [2.45, 2.75) is 51.1 Å². The van der Waals surface area contributed by atoms with Gasteiger partial charge < -0.3 is 15.5 Å². The van der Waals surface area contributed by atoms with Gasteiger partial charge in [0, 0.05) is 18.6 Å². The lowest BCUT2D eigenvalue weighted by atomic mass is 9.84. The average Bonchev–Trinajstić information content (AvgIpc) is 2.60. The summed E-state index contributed by atoms with van der Waals surface area (Å²) in [6.07, 6.45) is 6.48. The summed E-state index contributed by atoms with van der Waals surface area (Å²) in [6.45, 7) is 6.06. The lowest BCUT2D eigenvalue weighted by Crippen LogP contribution is -2.49. The van der Waals surface area contributed by atoms with Crippen LogP contribution in [0, 0.1) is 5.41 Å². The van der Waals surface area contributed by atoms with Gasteiger partial charge in [-0.1, -0.05) is 13.3 Å². The number of nitrogens with two attached hydrogens (primary N) is 1. The Morgan fingerprint density at radius 2 is 1.94 bits per heavy atom. The van der Waals surface area contributed by atoms with E-state index in [4.69, 9.17) is 5.73 Å². The van der Waals surface area contributed by atoms with Crippen LogP contribution in [0.15, 0.2) is 0 Å². The van der Waals surface area contributed by atoms with Gasteiger partial charge in [-0.15, -0.1) is 0 Å². The molecule has 2 unspecified atom stereocenters. The maximum Gasteiger partial charge on any atom is 0.0117 e. The minimum absolute atomic E-state index is 0.359. The minimum atomic E-state index is 0.359. The van der Waals surface area contributed by atoms with Gasteiger partial charge in [-0.3, -0.25) is 0 Å². The molecule has 3 heteroatoms. The minimum Gasteiger partial charge on any atom is -0.327 e. The highest BCUT2D eigenvalue weighted by Gasteiger charge is 2.38. The van der Waals surface area contributed by atoms with Gasteiger partial charge in [-0.05, 0) is 58.3 Å². The van der Waals surface area contributed by atoms with Gasteiger partial charge in [0.1, 0.15) is 0 Å². The van der Waals surface area contributed by atoms with Crippen LogP contribution < -0.4 is 5.73 Å². The third kappa shape index (κ3) is 3.01. The average molecular weight is 239 g/mol. The molecule has 1 saturated carbocycles. The maximum absolute atomic E-state index is 6.28. The van der Waals surface area contributed by atoms with Crippen molar-refractivity contribution in [1.82, 2.24) is 9.80 Å². The normalized spacial score (nSPS) is 36.9. The Hall–Kier alpha value is -0.120. The second-order valence-corrected chi connectivity index (χ2v) is 6.60. The first-order valence-corrected chi connectivity index (χ1v) is 7.16. The van der Waals surface area contributed by atoms with Crippen molar-refractivity contribution in [3.05, 3.63) is 0 Å². The number of nitrogens with zero attached hydrogens (tertiary/aromatic N) is 2. The molecule has 1 aliphatic heterocycles. The van der Waals surface area contributed by atoms with Crippen molar-refractivity contribution in [3.8, 4) is 0 Å². The number of hydrogen-bond acceptors (Lipinski definition) is 3. The molecular formula is C14H29N3. The first-order valence-electron chi connectivity index (χ1n) is 7.16. The highest BCUT2D eigenvalue weighted by Crippen LogP contribution is 2.37. The molecule has 3 nitrogen and oxygen atoms in total. The first kappa shape index (κ1) is 13.3. The van der Waals surface area contributed by atoms with Crippen molar-refractivity contribution in [2.75, 3.05) is 33.7 Å². The quantitative estimate of drug-likeness (QED) is 0.811. The maximum atomic E-state index is 6.28. The molecular weight excluding hydrogens is 210 g/mol. The molecule has 2 atom stereocenters. The van der Waals surface area contributed by atoms with Gasteiger partial charge in [0.15, 0.2) is 0 Å². The summed E-state index contributed by atoms with van der Waals surface area (Å²) in [6, 6.07) is 1.19. The van der Waals surface area contributed by atoms with Crippen LogP contribution in [0.3, 0.4) is 0 Å². The Kier molecular flexibility index (Phi) is 4.11. The van der Waals surface area contributed by atoms with Crippen LogP contribution in [0.2, 0.25) is 0 Å². The van der Waals surface area contributed by atoms with Gasteiger partial charge in [0.25, 0.3) is 0 Å². The predicted octanol–water partition coefficient (Wildman–Crippen LogP) is 1.53. The van der Waals surface area contributed by atoms with E-state index in [0.717, 1.165) is 6.04 Å². The van der Waals surface area contributed by atoms with Crippen LogP contribution >= 0.6 is 0 Å². The van der Waals surface area contributed by atoms with Crippen LogP contribution in [-0.2, 0) is 0 Å². The van der Waals surface area contributed by atoms with Crippen LogP contribution in [0.25, 0.3) is 0 Å². The van der Waals surface area contributed by atoms with Crippen LogP contribution in [0.4, 0.5) is 0 Å². The molecule has 1 heterocycles.